The van der Waals surface area contributed by atoms with Gasteiger partial charge in [-0.1, -0.05) is 48.5 Å². The van der Waals surface area contributed by atoms with E-state index in [4.69, 9.17) is 4.74 Å². The van der Waals surface area contributed by atoms with E-state index < -0.39 is 49.5 Å². The second kappa shape index (κ2) is 12.0. The van der Waals surface area contributed by atoms with Crippen LogP contribution in [0.15, 0.2) is 93.4 Å². The van der Waals surface area contributed by atoms with Gasteiger partial charge in [-0.15, -0.1) is 4.40 Å². The number of halogens is 1. The van der Waals surface area contributed by atoms with Crippen LogP contribution in [0, 0.1) is 23.6 Å². The number of rotatable bonds is 8. The van der Waals surface area contributed by atoms with Gasteiger partial charge in [-0.05, 0) is 72.1 Å². The van der Waals surface area contributed by atoms with E-state index in [1.807, 2.05) is 4.72 Å². The van der Waals surface area contributed by atoms with Crippen molar-refractivity contribution in [2.75, 3.05) is 5.32 Å². The third-order valence-corrected chi connectivity index (χ3v) is 11.9. The first-order valence-electron chi connectivity index (χ1n) is 15.3. The number of anilines is 1. The second-order valence-electron chi connectivity index (χ2n) is 12.5. The summed E-state index contributed by atoms with van der Waals surface area (Å²) >= 11 is 0. The molecule has 3 N–H and O–H groups in total. The van der Waals surface area contributed by atoms with Crippen LogP contribution < -0.4 is 10.0 Å². The lowest BCUT2D eigenvalue weighted by molar-refractivity contribution is -0.134. The van der Waals surface area contributed by atoms with Crippen molar-refractivity contribution in [3.63, 3.8) is 0 Å². The predicted octanol–water partition coefficient (Wildman–Crippen LogP) is 4.36. The number of hydrogen-bond acceptors (Lipinski definition) is 9. The van der Waals surface area contributed by atoms with Gasteiger partial charge in [0.15, 0.2) is 5.84 Å². The fourth-order valence-electron chi connectivity index (χ4n) is 7.37. The van der Waals surface area contributed by atoms with Crippen LogP contribution in [-0.2, 0) is 48.5 Å². The molecule has 3 aromatic carbocycles. The molecule has 2 bridgehead atoms. The van der Waals surface area contributed by atoms with Crippen LogP contribution in [0.3, 0.4) is 0 Å². The zero-order valence-corrected chi connectivity index (χ0v) is 27.0. The molecule has 15 heteroatoms. The quantitative estimate of drug-likeness (QED) is 0.310. The third-order valence-electron chi connectivity index (χ3n) is 9.38. The zero-order chi connectivity index (χ0) is 33.8. The van der Waals surface area contributed by atoms with Gasteiger partial charge in [-0.3, -0.25) is 4.79 Å². The van der Waals surface area contributed by atoms with Gasteiger partial charge in [-0.2, -0.15) is 8.42 Å². The van der Waals surface area contributed by atoms with Crippen molar-refractivity contribution < 1.29 is 40.7 Å². The van der Waals surface area contributed by atoms with Crippen LogP contribution in [0.1, 0.15) is 36.0 Å². The summed E-state index contributed by atoms with van der Waals surface area (Å²) in [4.78, 5) is 27.5. The van der Waals surface area contributed by atoms with E-state index in [0.29, 0.717) is 11.1 Å². The van der Waals surface area contributed by atoms with E-state index in [2.05, 4.69) is 9.71 Å². The molecule has 48 heavy (non-hydrogen) atoms. The van der Waals surface area contributed by atoms with Gasteiger partial charge in [0.1, 0.15) is 28.7 Å². The summed E-state index contributed by atoms with van der Waals surface area (Å²) in [5.41, 5.74) is 1.18. The van der Waals surface area contributed by atoms with Crippen molar-refractivity contribution in [1.29, 1.82) is 0 Å². The van der Waals surface area contributed by atoms with Crippen molar-refractivity contribution in [2.24, 2.45) is 22.2 Å². The van der Waals surface area contributed by atoms with Gasteiger partial charge in [-0.25, -0.2) is 22.3 Å². The highest BCUT2D eigenvalue weighted by molar-refractivity contribution is 7.90. The molecule has 7 rings (SSSR count). The number of benzene rings is 3. The predicted molar refractivity (Wildman–Crippen MR) is 172 cm³/mol. The molecular weight excluding hydrogens is 664 g/mol. The topological polar surface area (TPSA) is 172 Å². The van der Waals surface area contributed by atoms with Gasteiger partial charge in [0.05, 0.1) is 11.4 Å². The highest BCUT2D eigenvalue weighted by Gasteiger charge is 2.57. The number of carbonyl (C=O) groups is 2. The van der Waals surface area contributed by atoms with Crippen molar-refractivity contribution in [1.82, 2.24) is 9.62 Å². The van der Waals surface area contributed by atoms with E-state index in [1.165, 1.54) is 24.3 Å². The molecule has 2 aliphatic heterocycles. The molecule has 12 nitrogen and oxygen atoms in total. The third kappa shape index (κ3) is 6.03. The number of aliphatic hydroxyl groups is 1. The number of nitrogens with zero attached hydrogens (tertiary/aromatic N) is 2. The molecule has 2 unspecified atom stereocenters. The summed E-state index contributed by atoms with van der Waals surface area (Å²) in [7, 11) is -8.76. The minimum absolute atomic E-state index is 0.0321. The monoisotopic (exact) mass is 694 g/mol. The summed E-state index contributed by atoms with van der Waals surface area (Å²) in [6, 6.07) is 18.0. The van der Waals surface area contributed by atoms with E-state index in [9.17, 15) is 35.9 Å². The largest absolute Gasteiger partial charge is 0.511 e. The molecule has 2 fully saturated rings. The van der Waals surface area contributed by atoms with Crippen molar-refractivity contribution >= 4 is 43.6 Å². The maximum absolute atomic E-state index is 14.1. The number of hydrogen-bond donors (Lipinski definition) is 3. The highest BCUT2D eigenvalue weighted by Crippen LogP contribution is 2.55. The Bertz CT molecular complexity index is 2090. The molecule has 3 aromatic rings. The van der Waals surface area contributed by atoms with Gasteiger partial charge in [0.25, 0.3) is 15.9 Å². The lowest BCUT2D eigenvalue weighted by atomic mass is 9.77. The number of amides is 2. The maximum Gasteiger partial charge on any atom is 0.421 e. The van der Waals surface area contributed by atoms with Gasteiger partial charge < -0.3 is 20.1 Å². The summed E-state index contributed by atoms with van der Waals surface area (Å²) in [6.07, 6.45) is 1.42. The number of carbonyl (C=O) groups excluding carboxylic acids is 2. The molecule has 250 valence electrons. The standard InChI is InChI=1S/C33H31FN4O8S2/c34-24-11-6-19(7-12-24)16-38-29-23-10-9-22(15-23)27(29)30(39)28(32(38)40)31-35-25-13-8-21(14-26(25)48(44,45)36-31)18-47(42,43)37-33(41)46-17-20-4-2-1-3-5-20/h1-8,11-14,22-23,27,29,39H,9-10,15-18H2,(H,35,36)(H,37,41)/t22-,23+,27?,29?/m1/s1. The SMILES string of the molecule is O=C(NS(=O)(=O)Cc1ccc2c(c1)S(=O)(=O)N=C(C1=C(O)C3C([C@H]4CC[C@@H]3C4)N(Cc3ccc(F)cc3)C1=O)N2)OCc1ccccc1. The average Bonchev–Trinajstić information content (AvgIpc) is 3.66. The molecule has 2 amide bonds. The number of aliphatic hydroxyl groups excluding tert-OH is 1. The molecule has 0 aromatic heterocycles. The number of nitrogens with one attached hydrogen (secondary N) is 2. The van der Waals surface area contributed by atoms with Gasteiger partial charge in [0.2, 0.25) is 10.0 Å². The smallest absolute Gasteiger partial charge is 0.421 e. The Morgan fingerprint density at radius 1 is 1.02 bits per heavy atom. The van der Waals surface area contributed by atoms with E-state index in [0.717, 1.165) is 25.3 Å². The van der Waals surface area contributed by atoms with Crippen molar-refractivity contribution in [3.05, 3.63) is 107 Å². The van der Waals surface area contributed by atoms with Crippen LogP contribution in [0.4, 0.5) is 14.9 Å². The molecule has 0 saturated heterocycles. The van der Waals surface area contributed by atoms with E-state index in [-0.39, 0.29) is 64.3 Å². The molecule has 2 saturated carbocycles. The van der Waals surface area contributed by atoms with Gasteiger partial charge in [0, 0.05) is 18.5 Å². The van der Waals surface area contributed by atoms with Gasteiger partial charge >= 0.3 is 6.09 Å². The Kier molecular flexibility index (Phi) is 7.98. The number of fused-ring (bicyclic) bond motifs is 6. The molecule has 2 heterocycles. The van der Waals surface area contributed by atoms with Crippen LogP contribution in [0.2, 0.25) is 0 Å². The second-order valence-corrected chi connectivity index (χ2v) is 15.8. The molecular formula is C33H31FN4O8S2. The minimum Gasteiger partial charge on any atom is -0.511 e. The fraction of sp³-hybridized carbons (Fsp3) is 0.303. The Hall–Kier alpha value is -4.76. The van der Waals surface area contributed by atoms with E-state index >= 15 is 0 Å². The minimum atomic E-state index is -4.48. The Morgan fingerprint density at radius 2 is 1.73 bits per heavy atom. The summed E-state index contributed by atoms with van der Waals surface area (Å²) in [5.74, 6) is -2.39. The van der Waals surface area contributed by atoms with Crippen molar-refractivity contribution in [2.45, 2.75) is 49.1 Å². The Balaban J connectivity index is 1.12. The summed E-state index contributed by atoms with van der Waals surface area (Å²) in [6.45, 7) is -0.00498. The first-order valence-corrected chi connectivity index (χ1v) is 18.4. The maximum atomic E-state index is 14.1. The van der Waals surface area contributed by atoms with E-state index in [1.54, 1.807) is 47.4 Å². The first-order chi connectivity index (χ1) is 22.9. The lowest BCUT2D eigenvalue weighted by Gasteiger charge is -2.44. The van der Waals surface area contributed by atoms with Crippen LogP contribution in [0.25, 0.3) is 0 Å². The molecule has 4 aliphatic rings. The molecule has 2 aliphatic carbocycles. The highest BCUT2D eigenvalue weighted by atomic mass is 32.2. The molecule has 4 atom stereocenters. The lowest BCUT2D eigenvalue weighted by Crippen LogP contribution is -2.53. The number of sulfonamides is 2. The molecule has 0 radical (unpaired) electrons. The first kappa shape index (κ1) is 31.8. The Morgan fingerprint density at radius 3 is 2.48 bits per heavy atom. The van der Waals surface area contributed by atoms with Crippen molar-refractivity contribution in [3.8, 4) is 0 Å². The Labute approximate surface area is 276 Å². The summed E-state index contributed by atoms with van der Waals surface area (Å²) < 4.78 is 76.7. The number of amidine groups is 1. The summed E-state index contributed by atoms with van der Waals surface area (Å²) in [5, 5.41) is 14.4. The van der Waals surface area contributed by atoms with Crippen LogP contribution >= 0.6 is 0 Å². The van der Waals surface area contributed by atoms with Crippen LogP contribution in [0.5, 0.6) is 0 Å². The zero-order valence-electron chi connectivity index (χ0n) is 25.4. The van der Waals surface area contributed by atoms with Crippen LogP contribution in [-0.4, -0.2) is 50.7 Å². The average molecular weight is 695 g/mol. The normalized spacial score (nSPS) is 24.0. The molecule has 0 spiro atoms. The fourth-order valence-corrected chi connectivity index (χ4v) is 9.55. The number of ether oxygens (including phenoxy) is 1.